The van der Waals surface area contributed by atoms with Crippen molar-refractivity contribution in [3.05, 3.63) is 47.5 Å². The second-order valence-electron chi connectivity index (χ2n) is 13.6. The summed E-state index contributed by atoms with van der Waals surface area (Å²) in [6.45, 7) is 4.81. The van der Waals surface area contributed by atoms with E-state index < -0.39 is 11.9 Å². The Hall–Kier alpha value is -4.52. The lowest BCUT2D eigenvalue weighted by Gasteiger charge is -2.41. The first kappa shape index (κ1) is 35.3. The highest BCUT2D eigenvalue weighted by molar-refractivity contribution is 6.00. The number of fused-ring (bicyclic) bond motifs is 1. The Morgan fingerprint density at radius 3 is 2.08 bits per heavy atom. The fraction of sp³-hybridized carbons (Fsp3) is 0.568. The summed E-state index contributed by atoms with van der Waals surface area (Å²) in [5.41, 5.74) is 2.12. The predicted octanol–water partition coefficient (Wildman–Crippen LogP) is 3.72. The molecule has 50 heavy (non-hydrogen) atoms. The highest BCUT2D eigenvalue weighted by atomic mass is 16.5. The standard InChI is InChI=1S/C37H50N6O7/c1-48-31-21-26(22-32(49-2)34(31)50-3)35(45)38-30(36(46)42-19-11-27(12-20-42)40-15-7-4-8-16-40)23-33(44)41-17-13-28(14-18-41)43-24-25-9-5-6-10-29(25)39-37(43)47/h5-6,9-10,21-22,27-28,30H,4,7-8,11-20,23-24H2,1-3H3,(H,38,45)(H,39,47)/t30-/m0/s1. The van der Waals surface area contributed by atoms with Crippen LogP contribution in [0.5, 0.6) is 17.2 Å². The van der Waals surface area contributed by atoms with Crippen molar-refractivity contribution in [2.24, 2.45) is 0 Å². The van der Waals surface area contributed by atoms with Crippen LogP contribution in [-0.4, -0.2) is 122 Å². The second-order valence-corrected chi connectivity index (χ2v) is 13.6. The fourth-order valence-corrected chi connectivity index (χ4v) is 7.86. The largest absolute Gasteiger partial charge is 0.493 e. The molecule has 0 radical (unpaired) electrons. The molecule has 13 heteroatoms. The summed E-state index contributed by atoms with van der Waals surface area (Å²) >= 11 is 0. The Morgan fingerprint density at radius 2 is 1.44 bits per heavy atom. The molecule has 0 bridgehead atoms. The van der Waals surface area contributed by atoms with Gasteiger partial charge in [0, 0.05) is 56.1 Å². The third kappa shape index (κ3) is 7.77. The van der Waals surface area contributed by atoms with Gasteiger partial charge in [0.05, 0.1) is 27.8 Å². The lowest BCUT2D eigenvalue weighted by atomic mass is 9.98. The first-order valence-corrected chi connectivity index (χ1v) is 17.9. The van der Waals surface area contributed by atoms with E-state index >= 15 is 0 Å². The van der Waals surface area contributed by atoms with Crippen LogP contribution in [0.3, 0.4) is 0 Å². The normalized spacial score (nSPS) is 19.7. The van der Waals surface area contributed by atoms with Gasteiger partial charge in [-0.3, -0.25) is 14.4 Å². The molecule has 3 fully saturated rings. The lowest BCUT2D eigenvalue weighted by molar-refractivity contribution is -0.140. The molecule has 2 aromatic carbocycles. The SMILES string of the molecule is COc1cc(C(=O)N[C@@H](CC(=O)N2CCC(N3Cc4ccccc4NC3=O)CC2)C(=O)N2CCC(N3CCCCC3)CC2)cc(OC)c1OC. The summed E-state index contributed by atoms with van der Waals surface area (Å²) in [6.07, 6.45) is 6.53. The van der Waals surface area contributed by atoms with Crippen molar-refractivity contribution < 1.29 is 33.4 Å². The van der Waals surface area contributed by atoms with Crippen molar-refractivity contribution in [1.82, 2.24) is 24.9 Å². The Kier molecular flexibility index (Phi) is 11.3. The fourth-order valence-electron chi connectivity index (χ4n) is 7.86. The van der Waals surface area contributed by atoms with Gasteiger partial charge in [0.2, 0.25) is 17.6 Å². The Labute approximate surface area is 294 Å². The van der Waals surface area contributed by atoms with Crippen LogP contribution >= 0.6 is 0 Å². The van der Waals surface area contributed by atoms with Crippen molar-refractivity contribution in [1.29, 1.82) is 0 Å². The Morgan fingerprint density at radius 1 is 0.820 bits per heavy atom. The van der Waals surface area contributed by atoms with Crippen LogP contribution in [0.25, 0.3) is 0 Å². The molecule has 0 aliphatic carbocycles. The molecule has 4 heterocycles. The number of piperidine rings is 3. The van der Waals surface area contributed by atoms with E-state index in [9.17, 15) is 19.2 Å². The highest BCUT2D eigenvalue weighted by Gasteiger charge is 2.36. The van der Waals surface area contributed by atoms with Gasteiger partial charge in [0.1, 0.15) is 6.04 Å². The summed E-state index contributed by atoms with van der Waals surface area (Å²) in [5, 5.41) is 5.87. The van der Waals surface area contributed by atoms with Gasteiger partial charge < -0.3 is 44.4 Å². The molecule has 4 aliphatic rings. The Bertz CT molecular complexity index is 1520. The summed E-state index contributed by atoms with van der Waals surface area (Å²) in [5.74, 6) is -0.0123. The maximum Gasteiger partial charge on any atom is 0.322 e. The molecular formula is C37H50N6O7. The first-order chi connectivity index (χ1) is 24.3. The molecule has 5 amide bonds. The minimum absolute atomic E-state index is 0.00855. The van der Waals surface area contributed by atoms with E-state index in [2.05, 4.69) is 15.5 Å². The molecule has 13 nitrogen and oxygen atoms in total. The number of carbonyl (C=O) groups excluding carboxylic acids is 4. The van der Waals surface area contributed by atoms with E-state index in [0.29, 0.717) is 68.9 Å². The van der Waals surface area contributed by atoms with Crippen LogP contribution in [0.2, 0.25) is 0 Å². The van der Waals surface area contributed by atoms with E-state index in [1.165, 1.54) is 52.7 Å². The number of para-hydroxylation sites is 1. The molecule has 2 N–H and O–H groups in total. The first-order valence-electron chi connectivity index (χ1n) is 17.9. The van der Waals surface area contributed by atoms with E-state index in [-0.39, 0.29) is 35.9 Å². The van der Waals surface area contributed by atoms with Gasteiger partial charge in [-0.15, -0.1) is 0 Å². The van der Waals surface area contributed by atoms with Gasteiger partial charge in [-0.25, -0.2) is 4.79 Å². The van der Waals surface area contributed by atoms with Crippen molar-refractivity contribution in [2.75, 3.05) is 65.9 Å². The zero-order valence-electron chi connectivity index (χ0n) is 29.4. The van der Waals surface area contributed by atoms with Crippen LogP contribution < -0.4 is 24.8 Å². The van der Waals surface area contributed by atoms with Crippen molar-refractivity contribution in [2.45, 2.75) is 76.0 Å². The van der Waals surface area contributed by atoms with Crippen molar-refractivity contribution >= 4 is 29.4 Å². The number of ether oxygens (including phenoxy) is 3. The minimum Gasteiger partial charge on any atom is -0.493 e. The molecule has 3 saturated heterocycles. The van der Waals surface area contributed by atoms with Crippen LogP contribution in [0.15, 0.2) is 36.4 Å². The zero-order chi connectivity index (χ0) is 35.2. The number of urea groups is 1. The van der Waals surface area contributed by atoms with Crippen molar-refractivity contribution in [3.63, 3.8) is 0 Å². The van der Waals surface area contributed by atoms with Crippen LogP contribution in [0, 0.1) is 0 Å². The number of methoxy groups -OCH3 is 3. The average Bonchev–Trinajstić information content (AvgIpc) is 3.16. The van der Waals surface area contributed by atoms with Gasteiger partial charge in [-0.05, 0) is 75.4 Å². The summed E-state index contributed by atoms with van der Waals surface area (Å²) in [6, 6.07) is 10.1. The van der Waals surface area contributed by atoms with E-state index in [1.807, 2.05) is 29.2 Å². The molecule has 6 rings (SSSR count). The van der Waals surface area contributed by atoms with E-state index in [1.54, 1.807) is 9.80 Å². The highest BCUT2D eigenvalue weighted by Crippen LogP contribution is 2.38. The molecular weight excluding hydrogens is 640 g/mol. The van der Waals surface area contributed by atoms with Crippen LogP contribution in [-0.2, 0) is 16.1 Å². The van der Waals surface area contributed by atoms with Gasteiger partial charge in [0.25, 0.3) is 5.91 Å². The zero-order valence-corrected chi connectivity index (χ0v) is 29.4. The summed E-state index contributed by atoms with van der Waals surface area (Å²) in [7, 11) is 4.42. The summed E-state index contributed by atoms with van der Waals surface area (Å²) in [4.78, 5) is 62.5. The minimum atomic E-state index is -1.05. The van der Waals surface area contributed by atoms with Crippen molar-refractivity contribution in [3.8, 4) is 17.2 Å². The number of hydrogen-bond acceptors (Lipinski definition) is 8. The maximum absolute atomic E-state index is 14.1. The molecule has 0 saturated carbocycles. The number of likely N-dealkylation sites (tertiary alicyclic amines) is 3. The van der Waals surface area contributed by atoms with E-state index in [0.717, 1.165) is 37.2 Å². The number of amides is 5. The molecule has 0 spiro atoms. The average molecular weight is 691 g/mol. The van der Waals surface area contributed by atoms with Crippen LogP contribution in [0.4, 0.5) is 10.5 Å². The van der Waals surface area contributed by atoms with Gasteiger partial charge >= 0.3 is 6.03 Å². The topological polar surface area (TPSA) is 133 Å². The molecule has 0 unspecified atom stereocenters. The third-order valence-electron chi connectivity index (χ3n) is 10.7. The number of carbonyl (C=O) groups is 4. The quantitative estimate of drug-likeness (QED) is 0.386. The van der Waals surface area contributed by atoms with Gasteiger partial charge in [-0.2, -0.15) is 0 Å². The second kappa shape index (κ2) is 16.0. The van der Waals surface area contributed by atoms with E-state index in [4.69, 9.17) is 14.2 Å². The molecule has 1 atom stereocenters. The number of rotatable bonds is 10. The summed E-state index contributed by atoms with van der Waals surface area (Å²) < 4.78 is 16.3. The molecule has 0 aromatic heterocycles. The predicted molar refractivity (Wildman–Crippen MR) is 188 cm³/mol. The van der Waals surface area contributed by atoms with Gasteiger partial charge in [-0.1, -0.05) is 24.6 Å². The number of nitrogens with zero attached hydrogens (tertiary/aromatic N) is 4. The smallest absolute Gasteiger partial charge is 0.322 e. The molecule has 4 aliphatic heterocycles. The number of benzene rings is 2. The third-order valence-corrected chi connectivity index (χ3v) is 10.7. The number of anilines is 1. The van der Waals surface area contributed by atoms with Crippen LogP contribution in [0.1, 0.15) is 67.3 Å². The van der Waals surface area contributed by atoms with Gasteiger partial charge in [0.15, 0.2) is 11.5 Å². The monoisotopic (exact) mass is 690 g/mol. The lowest BCUT2D eigenvalue weighted by Crippen LogP contribution is -2.55. The number of hydrogen-bond donors (Lipinski definition) is 2. The molecule has 270 valence electrons. The Balaban J connectivity index is 1.13. The maximum atomic E-state index is 14.1. The number of nitrogens with one attached hydrogen (secondary N) is 2. The molecule has 2 aromatic rings.